The van der Waals surface area contributed by atoms with Crippen LogP contribution in [0.4, 0.5) is 5.69 Å². The summed E-state index contributed by atoms with van der Waals surface area (Å²) >= 11 is 0. The number of carbonyl (C=O) groups excluding carboxylic acids is 1. The first-order chi connectivity index (χ1) is 14.9. The van der Waals surface area contributed by atoms with E-state index in [-0.39, 0.29) is 23.8 Å². The van der Waals surface area contributed by atoms with E-state index in [0.717, 1.165) is 11.3 Å². The van der Waals surface area contributed by atoms with Crippen LogP contribution in [0.1, 0.15) is 22.3 Å². The van der Waals surface area contributed by atoms with Gasteiger partial charge in [0.1, 0.15) is 11.5 Å². The predicted octanol–water partition coefficient (Wildman–Crippen LogP) is 4.23. The number of hydrogen-bond donors (Lipinski definition) is 2. The summed E-state index contributed by atoms with van der Waals surface area (Å²) in [7, 11) is -3.71. The van der Waals surface area contributed by atoms with Crippen molar-refractivity contribution in [2.75, 3.05) is 11.9 Å². The zero-order valence-electron chi connectivity index (χ0n) is 16.8. The van der Waals surface area contributed by atoms with E-state index in [1.807, 2.05) is 37.3 Å². The first kappa shape index (κ1) is 22.0. The van der Waals surface area contributed by atoms with Crippen LogP contribution in [-0.2, 0) is 10.0 Å². The zero-order valence-corrected chi connectivity index (χ0v) is 17.6. The fourth-order valence-corrected chi connectivity index (χ4v) is 3.77. The molecule has 0 heterocycles. The van der Waals surface area contributed by atoms with Gasteiger partial charge in [0.2, 0.25) is 10.0 Å². The summed E-state index contributed by atoms with van der Waals surface area (Å²) in [5.74, 6) is 1.00. The van der Waals surface area contributed by atoms with Crippen molar-refractivity contribution in [1.29, 1.82) is 5.26 Å². The number of ether oxygens (including phenoxy) is 1. The van der Waals surface area contributed by atoms with E-state index in [1.165, 1.54) is 24.3 Å². The molecule has 0 aliphatic carbocycles. The molecule has 0 bridgehead atoms. The zero-order chi connectivity index (χ0) is 22.3. The van der Waals surface area contributed by atoms with Gasteiger partial charge in [0, 0.05) is 24.2 Å². The van der Waals surface area contributed by atoms with Gasteiger partial charge in [-0.05, 0) is 73.2 Å². The third-order valence-electron chi connectivity index (χ3n) is 4.29. The van der Waals surface area contributed by atoms with Crippen molar-refractivity contribution in [1.82, 2.24) is 4.72 Å². The van der Waals surface area contributed by atoms with Gasteiger partial charge >= 0.3 is 0 Å². The van der Waals surface area contributed by atoms with Crippen molar-refractivity contribution >= 4 is 21.6 Å². The highest BCUT2D eigenvalue weighted by Crippen LogP contribution is 2.24. The number of nitriles is 1. The quantitative estimate of drug-likeness (QED) is 0.515. The van der Waals surface area contributed by atoms with Crippen LogP contribution >= 0.6 is 0 Å². The molecule has 8 heteroatoms. The molecule has 7 nitrogen and oxygen atoms in total. The molecule has 0 saturated carbocycles. The number of hydrogen-bond acceptors (Lipinski definition) is 5. The van der Waals surface area contributed by atoms with Gasteiger partial charge in [-0.3, -0.25) is 4.79 Å². The molecule has 0 unspecified atom stereocenters. The lowest BCUT2D eigenvalue weighted by atomic mass is 10.2. The Kier molecular flexibility index (Phi) is 7.03. The minimum absolute atomic E-state index is 0.0274. The molecule has 3 rings (SSSR count). The second-order valence-corrected chi connectivity index (χ2v) is 8.49. The SMILES string of the molecule is Cc1cccc(Oc2ccc(NC(=O)c3ccc(S(=O)(=O)NCCC#N)cc3)cc2)c1. The summed E-state index contributed by atoms with van der Waals surface area (Å²) in [5, 5.41) is 11.3. The van der Waals surface area contributed by atoms with Crippen LogP contribution < -0.4 is 14.8 Å². The summed E-state index contributed by atoms with van der Waals surface area (Å²) < 4.78 is 32.4. The molecule has 0 saturated heterocycles. The van der Waals surface area contributed by atoms with E-state index in [2.05, 4.69) is 10.0 Å². The van der Waals surface area contributed by atoms with Crippen molar-refractivity contribution in [3.63, 3.8) is 0 Å². The molecule has 0 aromatic heterocycles. The smallest absolute Gasteiger partial charge is 0.255 e. The predicted molar refractivity (Wildman–Crippen MR) is 118 cm³/mol. The average molecular weight is 436 g/mol. The van der Waals surface area contributed by atoms with Crippen LogP contribution in [0.5, 0.6) is 11.5 Å². The first-order valence-corrected chi connectivity index (χ1v) is 11.0. The van der Waals surface area contributed by atoms with Gasteiger partial charge in [0.05, 0.1) is 11.0 Å². The minimum Gasteiger partial charge on any atom is -0.457 e. The van der Waals surface area contributed by atoms with Gasteiger partial charge in [-0.25, -0.2) is 13.1 Å². The van der Waals surface area contributed by atoms with Crippen molar-refractivity contribution in [2.45, 2.75) is 18.2 Å². The maximum atomic E-state index is 12.5. The summed E-state index contributed by atoms with van der Waals surface area (Å²) in [6.45, 7) is 2.02. The molecule has 1 amide bonds. The van der Waals surface area contributed by atoms with E-state index in [9.17, 15) is 13.2 Å². The van der Waals surface area contributed by atoms with E-state index >= 15 is 0 Å². The van der Waals surface area contributed by atoms with Gasteiger partial charge in [0.25, 0.3) is 5.91 Å². The monoisotopic (exact) mass is 435 g/mol. The molecule has 0 aliphatic rings. The molecule has 3 aromatic rings. The maximum Gasteiger partial charge on any atom is 0.255 e. The van der Waals surface area contributed by atoms with Crippen LogP contribution in [0.15, 0.2) is 77.7 Å². The fraction of sp³-hybridized carbons (Fsp3) is 0.130. The third-order valence-corrected chi connectivity index (χ3v) is 5.77. The minimum atomic E-state index is -3.71. The normalized spacial score (nSPS) is 10.8. The Bertz CT molecular complexity index is 1200. The molecular formula is C23H21N3O4S. The molecule has 3 aromatic carbocycles. The average Bonchev–Trinajstić information content (AvgIpc) is 2.75. The highest BCUT2D eigenvalue weighted by molar-refractivity contribution is 7.89. The number of amides is 1. The number of aryl methyl sites for hydroxylation is 1. The molecule has 158 valence electrons. The van der Waals surface area contributed by atoms with Crippen molar-refractivity contribution in [2.24, 2.45) is 0 Å². The van der Waals surface area contributed by atoms with E-state index < -0.39 is 10.0 Å². The largest absolute Gasteiger partial charge is 0.457 e. The van der Waals surface area contributed by atoms with Crippen LogP contribution in [0.25, 0.3) is 0 Å². The second kappa shape index (κ2) is 9.89. The highest BCUT2D eigenvalue weighted by atomic mass is 32.2. The molecule has 0 atom stereocenters. The number of anilines is 1. The third kappa shape index (κ3) is 6.15. The topological polar surface area (TPSA) is 108 Å². The lowest BCUT2D eigenvalue weighted by molar-refractivity contribution is 0.102. The standard InChI is InChI=1S/C23H21N3O4S/c1-17-4-2-5-21(16-17)30-20-10-8-19(9-11-20)26-23(27)18-6-12-22(13-7-18)31(28,29)25-15-3-14-24/h2,4-13,16,25H,3,15H2,1H3,(H,26,27). The molecule has 0 fully saturated rings. The van der Waals surface area contributed by atoms with Crippen LogP contribution in [0.3, 0.4) is 0 Å². The number of benzene rings is 3. The Hall–Kier alpha value is -3.67. The van der Waals surface area contributed by atoms with Crippen molar-refractivity contribution < 1.29 is 17.9 Å². The molecule has 2 N–H and O–H groups in total. The van der Waals surface area contributed by atoms with Crippen molar-refractivity contribution in [3.05, 3.63) is 83.9 Å². The lowest BCUT2D eigenvalue weighted by Crippen LogP contribution is -2.24. The summed E-state index contributed by atoms with van der Waals surface area (Å²) in [6, 6.07) is 22.1. The number of nitrogens with zero attached hydrogens (tertiary/aromatic N) is 1. The Morgan fingerprint density at radius 1 is 1.00 bits per heavy atom. The summed E-state index contributed by atoms with van der Waals surface area (Å²) in [5.41, 5.74) is 1.99. The number of sulfonamides is 1. The van der Waals surface area contributed by atoms with Gasteiger partial charge in [0.15, 0.2) is 0 Å². The lowest BCUT2D eigenvalue weighted by Gasteiger charge is -2.09. The number of nitrogens with one attached hydrogen (secondary N) is 2. The summed E-state index contributed by atoms with van der Waals surface area (Å²) in [6.07, 6.45) is 0.0779. The van der Waals surface area contributed by atoms with E-state index in [1.54, 1.807) is 24.3 Å². The van der Waals surface area contributed by atoms with E-state index in [0.29, 0.717) is 17.0 Å². The second-order valence-electron chi connectivity index (χ2n) is 6.73. The highest BCUT2D eigenvalue weighted by Gasteiger charge is 2.14. The van der Waals surface area contributed by atoms with E-state index in [4.69, 9.17) is 10.00 Å². The molecular weight excluding hydrogens is 414 g/mol. The van der Waals surface area contributed by atoms with Crippen LogP contribution in [-0.4, -0.2) is 20.9 Å². The molecule has 0 aliphatic heterocycles. The van der Waals surface area contributed by atoms with Crippen LogP contribution in [0, 0.1) is 18.3 Å². The Morgan fingerprint density at radius 2 is 1.71 bits per heavy atom. The molecule has 31 heavy (non-hydrogen) atoms. The Balaban J connectivity index is 1.61. The Labute approximate surface area is 181 Å². The number of carbonyl (C=O) groups is 1. The molecule has 0 radical (unpaired) electrons. The fourth-order valence-electron chi connectivity index (χ4n) is 2.73. The summed E-state index contributed by atoms with van der Waals surface area (Å²) in [4.78, 5) is 12.5. The first-order valence-electron chi connectivity index (χ1n) is 9.50. The van der Waals surface area contributed by atoms with Gasteiger partial charge in [-0.15, -0.1) is 0 Å². The van der Waals surface area contributed by atoms with Crippen LogP contribution in [0.2, 0.25) is 0 Å². The van der Waals surface area contributed by atoms with Gasteiger partial charge in [-0.1, -0.05) is 12.1 Å². The maximum absolute atomic E-state index is 12.5. The molecule has 0 spiro atoms. The number of rotatable bonds is 8. The Morgan fingerprint density at radius 3 is 2.35 bits per heavy atom. The van der Waals surface area contributed by atoms with Crippen molar-refractivity contribution in [3.8, 4) is 17.6 Å². The van der Waals surface area contributed by atoms with Gasteiger partial charge in [-0.2, -0.15) is 5.26 Å². The van der Waals surface area contributed by atoms with Gasteiger partial charge < -0.3 is 10.1 Å².